The summed E-state index contributed by atoms with van der Waals surface area (Å²) in [5.41, 5.74) is 1.61. The molecule has 2 fully saturated rings. The third kappa shape index (κ3) is 8.17. The van der Waals surface area contributed by atoms with Gasteiger partial charge in [0.1, 0.15) is 5.82 Å². The quantitative estimate of drug-likeness (QED) is 0.207. The van der Waals surface area contributed by atoms with E-state index in [2.05, 4.69) is 53.0 Å². The Morgan fingerprint density at radius 2 is 1.71 bits per heavy atom. The molecular formula is C37H50FN3O5SSi. The van der Waals surface area contributed by atoms with Crippen LogP contribution >= 0.6 is 11.8 Å². The smallest absolute Gasteiger partial charge is 0.407 e. The van der Waals surface area contributed by atoms with E-state index in [1.54, 1.807) is 29.3 Å². The standard InChI is InChI=1S/C37H50FN3O5SSi/c1-23-29(18-25(19-31(23)38)33(42)39-26-10-11-26)24-9-12-28-30(17-24)32(47-27-13-15-40(16-14-27)35(44)45)20-41(34(28)43)21-37(5,6)22-46-48(7,8)36(2,3)4/h9,12,17-20,26-27H,10-11,13-16,21-22H2,1-8H3,(H,39,42)(H,44,45). The van der Waals surface area contributed by atoms with Crippen molar-refractivity contribution in [1.29, 1.82) is 0 Å². The average Bonchev–Trinajstić information content (AvgIpc) is 3.83. The Morgan fingerprint density at radius 3 is 2.31 bits per heavy atom. The number of thioether (sulfide) groups is 1. The van der Waals surface area contributed by atoms with Crippen LogP contribution in [-0.4, -0.2) is 65.9 Å². The first-order chi connectivity index (χ1) is 22.3. The number of hydrogen-bond donors (Lipinski definition) is 2. The Balaban J connectivity index is 1.53. The van der Waals surface area contributed by atoms with Crippen molar-refractivity contribution >= 4 is 42.9 Å². The summed E-state index contributed by atoms with van der Waals surface area (Å²) in [5.74, 6) is -0.740. The number of carboxylic acid groups (broad SMARTS) is 1. The van der Waals surface area contributed by atoms with E-state index in [0.29, 0.717) is 55.6 Å². The number of aromatic nitrogens is 1. The lowest BCUT2D eigenvalue weighted by Gasteiger charge is -2.39. The van der Waals surface area contributed by atoms with Crippen LogP contribution in [0.2, 0.25) is 18.1 Å². The molecule has 3 aromatic rings. The van der Waals surface area contributed by atoms with Gasteiger partial charge in [0.15, 0.2) is 8.32 Å². The molecule has 0 spiro atoms. The number of rotatable bonds is 10. The molecule has 2 heterocycles. The summed E-state index contributed by atoms with van der Waals surface area (Å²) in [6.07, 6.45) is 4.30. The van der Waals surface area contributed by atoms with Gasteiger partial charge in [-0.2, -0.15) is 0 Å². The molecule has 1 aliphatic heterocycles. The topological polar surface area (TPSA) is 101 Å². The Bertz CT molecular complexity index is 1770. The van der Waals surface area contributed by atoms with Crippen molar-refractivity contribution in [3.63, 3.8) is 0 Å². The van der Waals surface area contributed by atoms with Crippen molar-refractivity contribution in [2.24, 2.45) is 5.41 Å². The molecule has 48 heavy (non-hydrogen) atoms. The molecule has 0 radical (unpaired) electrons. The number of amides is 2. The van der Waals surface area contributed by atoms with Gasteiger partial charge in [0, 0.05) is 70.4 Å². The number of halogens is 1. The van der Waals surface area contributed by atoms with Crippen molar-refractivity contribution in [3.8, 4) is 11.1 Å². The van der Waals surface area contributed by atoms with Crippen LogP contribution in [0.3, 0.4) is 0 Å². The zero-order chi connectivity index (χ0) is 35.2. The van der Waals surface area contributed by atoms with E-state index < -0.39 is 20.2 Å². The minimum absolute atomic E-state index is 0.0718. The normalized spacial score (nSPS) is 16.4. The molecule has 260 valence electrons. The fraction of sp³-hybridized carbons (Fsp3) is 0.541. The highest BCUT2D eigenvalue weighted by Crippen LogP contribution is 2.39. The molecule has 11 heteroatoms. The Morgan fingerprint density at radius 1 is 1.04 bits per heavy atom. The van der Waals surface area contributed by atoms with Crippen LogP contribution in [0.1, 0.15) is 76.2 Å². The third-order valence-corrected chi connectivity index (χ3v) is 16.0. The van der Waals surface area contributed by atoms with Gasteiger partial charge in [-0.1, -0.05) is 40.7 Å². The molecule has 1 aromatic heterocycles. The first-order valence-corrected chi connectivity index (χ1v) is 20.7. The van der Waals surface area contributed by atoms with Crippen molar-refractivity contribution in [1.82, 2.24) is 14.8 Å². The summed E-state index contributed by atoms with van der Waals surface area (Å²) in [4.78, 5) is 40.9. The van der Waals surface area contributed by atoms with Gasteiger partial charge in [-0.25, -0.2) is 9.18 Å². The fourth-order valence-corrected chi connectivity index (χ4v) is 8.26. The van der Waals surface area contributed by atoms with Gasteiger partial charge >= 0.3 is 6.09 Å². The van der Waals surface area contributed by atoms with Gasteiger partial charge in [0.05, 0.1) is 0 Å². The first kappa shape index (κ1) is 36.1. The van der Waals surface area contributed by atoms with Crippen LogP contribution in [0.25, 0.3) is 21.9 Å². The number of fused-ring (bicyclic) bond motifs is 1. The predicted molar refractivity (Wildman–Crippen MR) is 194 cm³/mol. The molecular weight excluding hydrogens is 646 g/mol. The van der Waals surface area contributed by atoms with E-state index in [4.69, 9.17) is 4.43 Å². The van der Waals surface area contributed by atoms with Crippen molar-refractivity contribution in [2.75, 3.05) is 19.7 Å². The van der Waals surface area contributed by atoms with Gasteiger partial charge in [-0.3, -0.25) is 9.59 Å². The summed E-state index contributed by atoms with van der Waals surface area (Å²) < 4.78 is 23.6. The second-order valence-electron chi connectivity index (χ2n) is 15.9. The molecule has 8 nitrogen and oxygen atoms in total. The molecule has 1 saturated carbocycles. The number of carbonyl (C=O) groups excluding carboxylic acids is 1. The van der Waals surface area contributed by atoms with Crippen LogP contribution in [0, 0.1) is 18.2 Å². The lowest BCUT2D eigenvalue weighted by molar-refractivity contribution is 0.0950. The largest absolute Gasteiger partial charge is 0.465 e. The molecule has 0 unspecified atom stereocenters. The molecule has 1 aliphatic carbocycles. The Kier molecular flexibility index (Phi) is 10.3. The van der Waals surface area contributed by atoms with E-state index in [9.17, 15) is 19.5 Å². The van der Waals surface area contributed by atoms with E-state index in [1.807, 2.05) is 24.4 Å². The van der Waals surface area contributed by atoms with E-state index in [-0.39, 0.29) is 38.8 Å². The van der Waals surface area contributed by atoms with Crippen molar-refractivity contribution in [2.45, 2.75) is 108 Å². The second kappa shape index (κ2) is 13.6. The highest BCUT2D eigenvalue weighted by Gasteiger charge is 2.38. The van der Waals surface area contributed by atoms with Gasteiger partial charge in [-0.05, 0) is 91.7 Å². The molecule has 1 saturated heterocycles. The van der Waals surface area contributed by atoms with Gasteiger partial charge in [0.2, 0.25) is 0 Å². The molecule has 2 aromatic carbocycles. The van der Waals surface area contributed by atoms with Gasteiger partial charge in [-0.15, -0.1) is 11.8 Å². The number of nitrogens with one attached hydrogen (secondary N) is 1. The van der Waals surface area contributed by atoms with Crippen molar-refractivity contribution < 1.29 is 23.5 Å². The average molecular weight is 696 g/mol. The zero-order valence-electron chi connectivity index (χ0n) is 29.5. The maximum atomic E-state index is 15.2. The minimum atomic E-state index is -2.00. The van der Waals surface area contributed by atoms with Crippen molar-refractivity contribution in [3.05, 3.63) is 63.8 Å². The first-order valence-electron chi connectivity index (χ1n) is 16.9. The zero-order valence-corrected chi connectivity index (χ0v) is 31.4. The van der Waals surface area contributed by atoms with Gasteiger partial charge in [0.25, 0.3) is 11.5 Å². The Hall–Kier alpha value is -3.15. The lowest BCUT2D eigenvalue weighted by Crippen LogP contribution is -2.44. The molecule has 5 rings (SSSR count). The molecule has 2 N–H and O–H groups in total. The van der Waals surface area contributed by atoms with Crippen LogP contribution < -0.4 is 10.9 Å². The number of benzene rings is 2. The summed E-state index contributed by atoms with van der Waals surface area (Å²) in [6.45, 7) is 19.0. The Labute approximate surface area is 288 Å². The monoisotopic (exact) mass is 695 g/mol. The maximum absolute atomic E-state index is 15.2. The second-order valence-corrected chi connectivity index (χ2v) is 22.0. The number of piperidine rings is 1. The van der Waals surface area contributed by atoms with E-state index in [1.165, 1.54) is 11.0 Å². The predicted octanol–water partition coefficient (Wildman–Crippen LogP) is 8.29. The minimum Gasteiger partial charge on any atom is -0.465 e. The maximum Gasteiger partial charge on any atom is 0.407 e. The van der Waals surface area contributed by atoms with Crippen LogP contribution in [0.15, 0.2) is 46.2 Å². The molecule has 2 amide bonds. The molecule has 0 bridgehead atoms. The summed E-state index contributed by atoms with van der Waals surface area (Å²) >= 11 is 1.67. The van der Waals surface area contributed by atoms with E-state index in [0.717, 1.165) is 28.7 Å². The number of likely N-dealkylation sites (tertiary alicyclic amines) is 1. The number of nitrogens with zero attached hydrogens (tertiary/aromatic N) is 2. The van der Waals surface area contributed by atoms with E-state index >= 15 is 4.39 Å². The molecule has 0 atom stereocenters. The molecule has 2 aliphatic rings. The summed E-state index contributed by atoms with van der Waals surface area (Å²) in [6, 6.07) is 8.76. The number of carbonyl (C=O) groups is 2. The number of pyridine rings is 1. The van der Waals surface area contributed by atoms with Crippen LogP contribution in [0.4, 0.5) is 9.18 Å². The van der Waals surface area contributed by atoms with Crippen LogP contribution in [0.5, 0.6) is 0 Å². The third-order valence-electron chi connectivity index (χ3n) is 10.1. The lowest BCUT2D eigenvalue weighted by atomic mass is 9.94. The summed E-state index contributed by atoms with van der Waals surface area (Å²) in [7, 11) is -2.00. The summed E-state index contributed by atoms with van der Waals surface area (Å²) in [5, 5.41) is 14.0. The highest BCUT2D eigenvalue weighted by atomic mass is 32.2. The fourth-order valence-electron chi connectivity index (χ4n) is 5.79. The highest BCUT2D eigenvalue weighted by molar-refractivity contribution is 8.00. The SMILES string of the molecule is Cc1c(F)cc(C(=O)NC2CC2)cc1-c1ccc2c(=O)n(CC(C)(C)CO[Si](C)(C)C(C)(C)C)cc(SC3CCN(C(=O)O)CC3)c2c1. The number of hydrogen-bond acceptors (Lipinski definition) is 5. The van der Waals surface area contributed by atoms with Gasteiger partial charge < -0.3 is 24.3 Å². The van der Waals surface area contributed by atoms with Crippen LogP contribution in [-0.2, 0) is 11.0 Å².